The van der Waals surface area contributed by atoms with E-state index in [2.05, 4.69) is 18.3 Å². The van der Waals surface area contributed by atoms with E-state index in [1.807, 2.05) is 0 Å². The fraction of sp³-hybridized carbons (Fsp3) is 0.562. The van der Waals surface area contributed by atoms with Crippen molar-refractivity contribution in [2.75, 3.05) is 6.54 Å². The van der Waals surface area contributed by atoms with E-state index in [9.17, 15) is 4.39 Å². The molecule has 0 heterocycles. The van der Waals surface area contributed by atoms with Crippen LogP contribution in [0.25, 0.3) is 0 Å². The lowest BCUT2D eigenvalue weighted by Gasteiger charge is -2.27. The van der Waals surface area contributed by atoms with Crippen molar-refractivity contribution in [3.05, 3.63) is 35.1 Å². The Bertz CT molecular complexity index is 470. The van der Waals surface area contributed by atoms with Crippen molar-refractivity contribution in [1.29, 1.82) is 5.26 Å². The van der Waals surface area contributed by atoms with Crippen LogP contribution in [0.4, 0.5) is 4.39 Å². The molecule has 19 heavy (non-hydrogen) atoms. The van der Waals surface area contributed by atoms with Crippen molar-refractivity contribution < 1.29 is 4.39 Å². The molecule has 0 atom stereocenters. The molecule has 0 saturated heterocycles. The molecule has 102 valence electrons. The fourth-order valence-electron chi connectivity index (χ4n) is 3.06. The summed E-state index contributed by atoms with van der Waals surface area (Å²) < 4.78 is 13.2. The van der Waals surface area contributed by atoms with E-state index >= 15 is 0 Å². The monoisotopic (exact) mass is 260 g/mol. The molecule has 0 amide bonds. The molecule has 1 fully saturated rings. The molecule has 0 bridgehead atoms. The summed E-state index contributed by atoms with van der Waals surface area (Å²) in [4.78, 5) is 0. The molecule has 1 aliphatic rings. The average molecular weight is 260 g/mol. The summed E-state index contributed by atoms with van der Waals surface area (Å²) in [6.45, 7) is 3.78. The second-order valence-electron chi connectivity index (χ2n) is 5.58. The maximum Gasteiger partial charge on any atom is 0.123 e. The first-order valence-electron chi connectivity index (χ1n) is 7.08. The molecular weight excluding hydrogens is 239 g/mol. The molecule has 1 N–H and O–H groups in total. The van der Waals surface area contributed by atoms with Gasteiger partial charge in [0.05, 0.1) is 11.6 Å². The number of nitrogens with zero attached hydrogens (tertiary/aromatic N) is 1. The molecule has 1 aromatic carbocycles. The molecule has 0 radical (unpaired) electrons. The minimum absolute atomic E-state index is 0.276. The van der Waals surface area contributed by atoms with Crippen molar-refractivity contribution >= 4 is 0 Å². The highest BCUT2D eigenvalue weighted by atomic mass is 19.1. The van der Waals surface area contributed by atoms with E-state index in [0.717, 1.165) is 12.1 Å². The van der Waals surface area contributed by atoms with Gasteiger partial charge in [0, 0.05) is 13.1 Å². The highest BCUT2D eigenvalue weighted by Gasteiger charge is 2.31. The molecule has 0 aliphatic heterocycles. The van der Waals surface area contributed by atoms with Gasteiger partial charge < -0.3 is 5.32 Å². The first kappa shape index (κ1) is 14.0. The third-order valence-corrected chi connectivity index (χ3v) is 4.42. The van der Waals surface area contributed by atoms with Gasteiger partial charge in [0.25, 0.3) is 0 Å². The normalized spacial score (nSPS) is 17.3. The van der Waals surface area contributed by atoms with E-state index in [0.29, 0.717) is 17.5 Å². The van der Waals surface area contributed by atoms with Gasteiger partial charge in [-0.2, -0.15) is 5.26 Å². The maximum atomic E-state index is 13.2. The third-order valence-electron chi connectivity index (χ3n) is 4.42. The molecule has 1 aliphatic carbocycles. The number of rotatable bonds is 5. The van der Waals surface area contributed by atoms with Gasteiger partial charge in [-0.25, -0.2) is 4.39 Å². The van der Waals surface area contributed by atoms with Crippen LogP contribution in [0.5, 0.6) is 0 Å². The molecule has 1 aromatic rings. The second-order valence-corrected chi connectivity index (χ2v) is 5.58. The lowest BCUT2D eigenvalue weighted by molar-refractivity contribution is 0.268. The van der Waals surface area contributed by atoms with Crippen molar-refractivity contribution in [3.63, 3.8) is 0 Å². The number of nitrogens with one attached hydrogen (secondary N) is 1. The number of halogens is 1. The number of benzene rings is 1. The van der Waals surface area contributed by atoms with Crippen LogP contribution in [0.3, 0.4) is 0 Å². The number of hydrogen-bond acceptors (Lipinski definition) is 2. The zero-order valence-corrected chi connectivity index (χ0v) is 11.5. The molecular formula is C16H21FN2. The topological polar surface area (TPSA) is 35.8 Å². The highest BCUT2D eigenvalue weighted by Crippen LogP contribution is 2.40. The van der Waals surface area contributed by atoms with Gasteiger partial charge in [-0.1, -0.05) is 19.8 Å². The zero-order valence-electron chi connectivity index (χ0n) is 11.5. The summed E-state index contributed by atoms with van der Waals surface area (Å²) in [5.41, 5.74) is 1.73. The predicted octanol–water partition coefficient (Wildman–Crippen LogP) is 3.76. The SMILES string of the molecule is CCC1(CNCc2cc(F)ccc2C#N)CCCC1. The van der Waals surface area contributed by atoms with Crippen LogP contribution >= 0.6 is 0 Å². The van der Waals surface area contributed by atoms with Crippen LogP contribution < -0.4 is 5.32 Å². The fourth-order valence-corrected chi connectivity index (χ4v) is 3.06. The first-order chi connectivity index (χ1) is 9.19. The Balaban J connectivity index is 1.96. The quantitative estimate of drug-likeness (QED) is 0.875. The molecule has 0 unspecified atom stereocenters. The predicted molar refractivity (Wildman–Crippen MR) is 74.0 cm³/mol. The first-order valence-corrected chi connectivity index (χ1v) is 7.08. The maximum absolute atomic E-state index is 13.2. The van der Waals surface area contributed by atoms with E-state index in [-0.39, 0.29) is 5.82 Å². The Labute approximate surface area is 114 Å². The van der Waals surface area contributed by atoms with Crippen LogP contribution in [0.2, 0.25) is 0 Å². The summed E-state index contributed by atoms with van der Waals surface area (Å²) in [5.74, 6) is -0.276. The lowest BCUT2D eigenvalue weighted by atomic mass is 9.83. The smallest absolute Gasteiger partial charge is 0.123 e. The summed E-state index contributed by atoms with van der Waals surface area (Å²) in [5, 5.41) is 12.4. The van der Waals surface area contributed by atoms with Gasteiger partial charge in [-0.15, -0.1) is 0 Å². The van der Waals surface area contributed by atoms with Crippen LogP contribution in [-0.4, -0.2) is 6.54 Å². The van der Waals surface area contributed by atoms with E-state index < -0.39 is 0 Å². The van der Waals surface area contributed by atoms with Gasteiger partial charge >= 0.3 is 0 Å². The molecule has 1 saturated carbocycles. The van der Waals surface area contributed by atoms with Gasteiger partial charge in [0.1, 0.15) is 5.82 Å². The highest BCUT2D eigenvalue weighted by molar-refractivity contribution is 5.37. The van der Waals surface area contributed by atoms with Gasteiger partial charge in [0.2, 0.25) is 0 Å². The van der Waals surface area contributed by atoms with Crippen LogP contribution in [0.15, 0.2) is 18.2 Å². The Morgan fingerprint density at radius 2 is 2.11 bits per heavy atom. The largest absolute Gasteiger partial charge is 0.312 e. The molecule has 0 spiro atoms. The standard InChI is InChI=1S/C16H21FN2/c1-2-16(7-3-4-8-16)12-19-11-14-9-15(17)6-5-13(14)10-18/h5-6,9,19H,2-4,7-8,11-12H2,1H3. The summed E-state index contributed by atoms with van der Waals surface area (Å²) in [7, 11) is 0. The molecule has 3 heteroatoms. The van der Waals surface area contributed by atoms with E-state index in [1.54, 1.807) is 6.07 Å². The van der Waals surface area contributed by atoms with Gasteiger partial charge in [-0.05, 0) is 48.4 Å². The van der Waals surface area contributed by atoms with Gasteiger partial charge in [0.15, 0.2) is 0 Å². The third kappa shape index (κ3) is 3.33. The van der Waals surface area contributed by atoms with Crippen LogP contribution in [-0.2, 0) is 6.54 Å². The van der Waals surface area contributed by atoms with Crippen LogP contribution in [0, 0.1) is 22.6 Å². The minimum atomic E-state index is -0.276. The summed E-state index contributed by atoms with van der Waals surface area (Å²) in [6, 6.07) is 6.47. The average Bonchev–Trinajstić information content (AvgIpc) is 2.88. The molecule has 0 aromatic heterocycles. The molecule has 2 rings (SSSR count). The van der Waals surface area contributed by atoms with Crippen molar-refractivity contribution in [3.8, 4) is 6.07 Å². The number of hydrogen-bond donors (Lipinski definition) is 1. The Kier molecular flexibility index (Phi) is 4.55. The van der Waals surface area contributed by atoms with Gasteiger partial charge in [-0.3, -0.25) is 0 Å². The van der Waals surface area contributed by atoms with Crippen molar-refractivity contribution in [2.45, 2.75) is 45.6 Å². The van der Waals surface area contributed by atoms with Crippen molar-refractivity contribution in [1.82, 2.24) is 5.32 Å². The Hall–Kier alpha value is -1.40. The van der Waals surface area contributed by atoms with Crippen LogP contribution in [0.1, 0.15) is 50.2 Å². The Morgan fingerprint density at radius 3 is 2.74 bits per heavy atom. The summed E-state index contributed by atoms with van der Waals surface area (Å²) >= 11 is 0. The zero-order chi connectivity index (χ0) is 13.7. The van der Waals surface area contributed by atoms with E-state index in [4.69, 9.17) is 5.26 Å². The lowest BCUT2D eigenvalue weighted by Crippen LogP contribution is -2.31. The minimum Gasteiger partial charge on any atom is -0.312 e. The summed E-state index contributed by atoms with van der Waals surface area (Å²) in [6.07, 6.45) is 6.39. The number of nitriles is 1. The second kappa shape index (κ2) is 6.16. The van der Waals surface area contributed by atoms with E-state index in [1.165, 1.54) is 44.2 Å². The molecule has 2 nitrogen and oxygen atoms in total. The van der Waals surface area contributed by atoms with Crippen molar-refractivity contribution in [2.24, 2.45) is 5.41 Å². The Morgan fingerprint density at radius 1 is 1.37 bits per heavy atom.